The Morgan fingerprint density at radius 1 is 1.27 bits per heavy atom. The van der Waals surface area contributed by atoms with Crippen LogP contribution in [0.25, 0.3) is 11.2 Å². The molecule has 22 heavy (non-hydrogen) atoms. The van der Waals surface area contributed by atoms with Crippen LogP contribution in [0.3, 0.4) is 0 Å². The first-order valence-electron chi connectivity index (χ1n) is 6.28. The smallest absolute Gasteiger partial charge is 0.332 e. The Morgan fingerprint density at radius 3 is 2.50 bits per heavy atom. The van der Waals surface area contributed by atoms with Crippen molar-refractivity contribution in [2.45, 2.75) is 13.8 Å². The van der Waals surface area contributed by atoms with Gasteiger partial charge in [-0.2, -0.15) is 5.10 Å². The molecule has 2 aromatic rings. The van der Waals surface area contributed by atoms with Gasteiger partial charge in [0.15, 0.2) is 16.3 Å². The number of hydrogen-bond donors (Lipinski definition) is 2. The first-order chi connectivity index (χ1) is 10.2. The van der Waals surface area contributed by atoms with Gasteiger partial charge in [0.05, 0.1) is 11.4 Å². The SMILES string of the molecule is C/C(=N\NC(N)=S)c1nc2c(=O)n(C)c(=O)n(C)c2nc1C. The van der Waals surface area contributed by atoms with Crippen molar-refractivity contribution in [3.63, 3.8) is 0 Å². The normalized spacial score (nSPS) is 11.7. The summed E-state index contributed by atoms with van der Waals surface area (Å²) in [5, 5.41) is 3.99. The van der Waals surface area contributed by atoms with Gasteiger partial charge in [-0.15, -0.1) is 0 Å². The van der Waals surface area contributed by atoms with Crippen molar-refractivity contribution in [2.24, 2.45) is 24.9 Å². The van der Waals surface area contributed by atoms with E-state index in [1.165, 1.54) is 18.7 Å². The summed E-state index contributed by atoms with van der Waals surface area (Å²) in [7, 11) is 2.92. The van der Waals surface area contributed by atoms with Crippen LogP contribution in [0.4, 0.5) is 0 Å². The van der Waals surface area contributed by atoms with Crippen LogP contribution in [0.5, 0.6) is 0 Å². The van der Waals surface area contributed by atoms with E-state index in [9.17, 15) is 9.59 Å². The Bertz CT molecular complexity index is 926. The zero-order valence-electron chi connectivity index (χ0n) is 12.5. The third-order valence-corrected chi connectivity index (χ3v) is 3.22. The number of rotatable bonds is 2. The molecular formula is C12H15N7O2S. The van der Waals surface area contributed by atoms with E-state index in [-0.39, 0.29) is 16.3 Å². The summed E-state index contributed by atoms with van der Waals surface area (Å²) in [5.41, 5.74) is 8.54. The predicted molar refractivity (Wildman–Crippen MR) is 86.9 cm³/mol. The first kappa shape index (κ1) is 15.8. The van der Waals surface area contributed by atoms with E-state index in [0.717, 1.165) is 4.57 Å². The van der Waals surface area contributed by atoms with E-state index in [1.54, 1.807) is 13.8 Å². The summed E-state index contributed by atoms with van der Waals surface area (Å²) in [4.78, 5) is 32.7. The standard InChI is InChI=1S/C12H15N7O2S/c1-5-7(6(2)16-17-11(13)22)15-8-9(14-5)18(3)12(21)19(4)10(8)20/h1-4H3,(H3,13,17,22)/b16-6+. The highest BCUT2D eigenvalue weighted by molar-refractivity contribution is 7.80. The van der Waals surface area contributed by atoms with Gasteiger partial charge in [0.25, 0.3) is 5.56 Å². The Hall–Kier alpha value is -2.62. The molecule has 0 aromatic carbocycles. The molecule has 0 unspecified atom stereocenters. The molecule has 10 heteroatoms. The average Bonchev–Trinajstić information content (AvgIpc) is 2.48. The van der Waals surface area contributed by atoms with E-state index in [1.807, 2.05) is 0 Å². The summed E-state index contributed by atoms with van der Waals surface area (Å²) in [6, 6.07) is 0. The molecule has 2 aromatic heterocycles. The fraction of sp³-hybridized carbons (Fsp3) is 0.333. The zero-order chi connectivity index (χ0) is 16.6. The highest BCUT2D eigenvalue weighted by atomic mass is 32.1. The lowest BCUT2D eigenvalue weighted by molar-refractivity contribution is 0.703. The monoisotopic (exact) mass is 321 g/mol. The third-order valence-electron chi connectivity index (χ3n) is 3.13. The molecule has 3 N–H and O–H groups in total. The molecule has 9 nitrogen and oxygen atoms in total. The van der Waals surface area contributed by atoms with Crippen LogP contribution in [0.1, 0.15) is 18.3 Å². The minimum absolute atomic E-state index is 0.0177. The molecule has 0 aliphatic rings. The largest absolute Gasteiger partial charge is 0.375 e. The van der Waals surface area contributed by atoms with Gasteiger partial charge in [0, 0.05) is 14.1 Å². The number of fused-ring (bicyclic) bond motifs is 1. The summed E-state index contributed by atoms with van der Waals surface area (Å²) in [6.45, 7) is 3.39. The quantitative estimate of drug-likeness (QED) is 0.409. The highest BCUT2D eigenvalue weighted by Gasteiger charge is 2.15. The van der Waals surface area contributed by atoms with Gasteiger partial charge in [0.2, 0.25) is 0 Å². The fourth-order valence-corrected chi connectivity index (χ4v) is 2.03. The van der Waals surface area contributed by atoms with Crippen LogP contribution in [0.15, 0.2) is 14.7 Å². The molecule has 0 aliphatic carbocycles. The van der Waals surface area contributed by atoms with Crippen molar-refractivity contribution in [1.82, 2.24) is 24.5 Å². The number of hydrazone groups is 1. The van der Waals surface area contributed by atoms with E-state index < -0.39 is 11.2 Å². The fourth-order valence-electron chi connectivity index (χ4n) is 1.98. The summed E-state index contributed by atoms with van der Waals surface area (Å²) >= 11 is 4.68. The molecule has 0 saturated carbocycles. The highest BCUT2D eigenvalue weighted by Crippen LogP contribution is 2.08. The van der Waals surface area contributed by atoms with Crippen molar-refractivity contribution >= 4 is 34.2 Å². The van der Waals surface area contributed by atoms with Crippen LogP contribution in [0.2, 0.25) is 0 Å². The second kappa shape index (κ2) is 5.64. The predicted octanol–water partition coefficient (Wildman–Crippen LogP) is -1.11. The van der Waals surface area contributed by atoms with Gasteiger partial charge in [0.1, 0.15) is 5.69 Å². The lowest BCUT2D eigenvalue weighted by Crippen LogP contribution is -2.38. The molecular weight excluding hydrogens is 306 g/mol. The Morgan fingerprint density at radius 2 is 1.91 bits per heavy atom. The van der Waals surface area contributed by atoms with Crippen molar-refractivity contribution in [3.05, 3.63) is 32.2 Å². The summed E-state index contributed by atoms with van der Waals surface area (Å²) < 4.78 is 2.26. The number of nitrogens with one attached hydrogen (secondary N) is 1. The molecule has 2 rings (SSSR count). The molecule has 0 aliphatic heterocycles. The first-order valence-corrected chi connectivity index (χ1v) is 6.69. The summed E-state index contributed by atoms with van der Waals surface area (Å²) in [6.07, 6.45) is 0. The van der Waals surface area contributed by atoms with Crippen molar-refractivity contribution in [3.8, 4) is 0 Å². The van der Waals surface area contributed by atoms with E-state index >= 15 is 0 Å². The Balaban J connectivity index is 2.78. The van der Waals surface area contributed by atoms with Gasteiger partial charge in [-0.05, 0) is 26.1 Å². The topological polar surface area (TPSA) is 120 Å². The molecule has 0 bridgehead atoms. The number of hydrogen-bond acceptors (Lipinski definition) is 6. The summed E-state index contributed by atoms with van der Waals surface area (Å²) in [5.74, 6) is 0. The lowest BCUT2D eigenvalue weighted by Gasteiger charge is -2.10. The molecule has 0 fully saturated rings. The molecule has 0 amide bonds. The van der Waals surface area contributed by atoms with Crippen LogP contribution in [-0.2, 0) is 14.1 Å². The van der Waals surface area contributed by atoms with Gasteiger partial charge < -0.3 is 5.73 Å². The van der Waals surface area contributed by atoms with Crippen molar-refractivity contribution in [2.75, 3.05) is 0 Å². The number of aryl methyl sites for hydroxylation is 2. The van der Waals surface area contributed by atoms with Crippen molar-refractivity contribution in [1.29, 1.82) is 0 Å². The zero-order valence-corrected chi connectivity index (χ0v) is 13.4. The van der Waals surface area contributed by atoms with Crippen LogP contribution in [0, 0.1) is 6.92 Å². The van der Waals surface area contributed by atoms with Gasteiger partial charge in [-0.3, -0.25) is 19.4 Å². The maximum Gasteiger partial charge on any atom is 0.332 e. The molecule has 116 valence electrons. The van der Waals surface area contributed by atoms with Gasteiger partial charge in [-0.25, -0.2) is 14.8 Å². The Kier molecular flexibility index (Phi) is 4.04. The van der Waals surface area contributed by atoms with E-state index in [2.05, 4.69) is 32.7 Å². The maximum atomic E-state index is 12.2. The molecule has 0 spiro atoms. The second-order valence-electron chi connectivity index (χ2n) is 4.71. The van der Waals surface area contributed by atoms with Gasteiger partial charge in [-0.1, -0.05) is 0 Å². The van der Waals surface area contributed by atoms with Crippen LogP contribution >= 0.6 is 12.2 Å². The number of aromatic nitrogens is 4. The Labute approximate surface area is 130 Å². The minimum Gasteiger partial charge on any atom is -0.375 e. The molecule has 0 radical (unpaired) electrons. The van der Waals surface area contributed by atoms with Crippen molar-refractivity contribution < 1.29 is 0 Å². The minimum atomic E-state index is -0.512. The second-order valence-corrected chi connectivity index (χ2v) is 5.15. The average molecular weight is 321 g/mol. The number of nitrogens with two attached hydrogens (primary N) is 1. The van der Waals surface area contributed by atoms with E-state index in [0.29, 0.717) is 17.1 Å². The molecule has 0 saturated heterocycles. The van der Waals surface area contributed by atoms with E-state index in [4.69, 9.17) is 5.73 Å². The van der Waals surface area contributed by atoms with Crippen LogP contribution in [-0.4, -0.2) is 29.9 Å². The van der Waals surface area contributed by atoms with Gasteiger partial charge >= 0.3 is 5.69 Å². The van der Waals surface area contributed by atoms with Crippen LogP contribution < -0.4 is 22.4 Å². The molecule has 0 atom stereocenters. The molecule has 2 heterocycles. The number of nitrogens with zero attached hydrogens (tertiary/aromatic N) is 5. The lowest BCUT2D eigenvalue weighted by atomic mass is 10.2. The third kappa shape index (κ3) is 2.60. The maximum absolute atomic E-state index is 12.2. The number of thiocarbonyl (C=S) groups is 1.